The van der Waals surface area contributed by atoms with E-state index in [0.717, 1.165) is 30.4 Å². The second-order valence-electron chi connectivity index (χ2n) is 12.4. The number of hydrogen-bond donors (Lipinski definition) is 14. The van der Waals surface area contributed by atoms with Crippen molar-refractivity contribution in [2.45, 2.75) is 0 Å². The number of hydrogen-bond acceptors (Lipinski definition) is 26. The number of carbonyl (C=O) groups is 9. The number of nitrogens with two attached hydrogens (primary N) is 9. The highest BCUT2D eigenvalue weighted by Crippen LogP contribution is 2.17. The summed E-state index contributed by atoms with van der Waals surface area (Å²) in [4.78, 5) is 102. The third kappa shape index (κ3) is 21.8. The minimum Gasteiger partial charge on any atom is -0.397 e. The second-order valence-corrected chi connectivity index (χ2v) is 15.8. The van der Waals surface area contributed by atoms with Crippen LogP contribution in [0.4, 0.5) is 50.1 Å². The standard InChI is InChI=1S/2C5H6N2O.3C5H5NOS.3C4H5N3O.C4H4N2OS/c6-5-2-7-1-4(5)3-8;6-4-1-2-7-5(4)3-8;6-5-3-8-2-4(5)1-7;6-4-1-2-8-5(4)3-7;6-5-4(3-7)1-2-8-5;5-4-3(1-8)6-2-7-4;5-3-1-6-7-4(3)2-8;5-4-3(2-8)1-6-7-4;5-4-3(2-7)1-6-8-4/h2*1-3,7H,6H2;3*1-3H,6H2;2*1-2H,5H2,(H,6,7);1-2H,(H3,5,6,7);1-2H,5H2. The Morgan fingerprint density at radius 2 is 1.11 bits per heavy atom. The van der Waals surface area contributed by atoms with E-state index in [9.17, 15) is 43.2 Å². The maximum Gasteiger partial charge on any atom is 0.170 e. The molecule has 0 amide bonds. The maximum atomic E-state index is 10.0. The highest BCUT2D eigenvalue weighted by atomic mass is 32.1. The lowest BCUT2D eigenvalue weighted by molar-refractivity contribution is 0.111. The predicted molar refractivity (Wildman–Crippen MR) is 281 cm³/mol. The number of thiophene rings is 3. The molecule has 378 valence electrons. The van der Waals surface area contributed by atoms with Crippen molar-refractivity contribution in [2.75, 3.05) is 51.6 Å². The zero-order valence-corrected chi connectivity index (χ0v) is 40.3. The Hall–Kier alpha value is -9.85. The van der Waals surface area contributed by atoms with Crippen molar-refractivity contribution < 1.29 is 43.2 Å². The molecule has 0 aliphatic heterocycles. The van der Waals surface area contributed by atoms with Crippen LogP contribution in [-0.4, -0.2) is 101 Å². The van der Waals surface area contributed by atoms with Crippen LogP contribution in [0.5, 0.6) is 0 Å². The molecule has 0 aliphatic rings. The third-order valence-electron chi connectivity index (χ3n) is 7.62. The van der Waals surface area contributed by atoms with Gasteiger partial charge in [0.2, 0.25) is 0 Å². The summed E-state index contributed by atoms with van der Waals surface area (Å²) in [6.07, 6.45) is 16.6. The van der Waals surface area contributed by atoms with Crippen molar-refractivity contribution in [2.24, 2.45) is 0 Å². The summed E-state index contributed by atoms with van der Waals surface area (Å²) >= 11 is 5.29. The van der Waals surface area contributed by atoms with Crippen LogP contribution in [0, 0.1) is 0 Å². The normalized spacial score (nSPS) is 9.00. The summed E-state index contributed by atoms with van der Waals surface area (Å²) in [5, 5.41) is 20.0. The van der Waals surface area contributed by atoms with Crippen molar-refractivity contribution in [3.8, 4) is 0 Å². The average Bonchev–Trinajstić information content (AvgIpc) is 4.24. The van der Waals surface area contributed by atoms with Gasteiger partial charge in [0.1, 0.15) is 27.9 Å². The van der Waals surface area contributed by atoms with E-state index in [0.29, 0.717) is 132 Å². The van der Waals surface area contributed by atoms with E-state index in [4.69, 9.17) is 51.6 Å². The quantitative estimate of drug-likeness (QED) is 0.0901. The van der Waals surface area contributed by atoms with Crippen molar-refractivity contribution in [1.29, 1.82) is 0 Å². The topological polar surface area (TPSA) is 518 Å². The molecule has 23 N–H and O–H groups in total. The van der Waals surface area contributed by atoms with E-state index in [2.05, 4.69) is 44.7 Å². The van der Waals surface area contributed by atoms with Gasteiger partial charge in [0, 0.05) is 40.5 Å². The predicted octanol–water partition coefficient (Wildman–Crippen LogP) is 4.20. The van der Waals surface area contributed by atoms with Crippen LogP contribution in [-0.2, 0) is 0 Å². The minimum absolute atomic E-state index is 0.250. The molecule has 0 bridgehead atoms. The van der Waals surface area contributed by atoms with Crippen LogP contribution in [0.3, 0.4) is 0 Å². The molecule has 0 unspecified atom stereocenters. The Labute approximate surface area is 422 Å². The summed E-state index contributed by atoms with van der Waals surface area (Å²) in [5.74, 6) is 0.569. The number of aromatic nitrogens is 9. The Morgan fingerprint density at radius 3 is 1.36 bits per heavy atom. The number of rotatable bonds is 9. The summed E-state index contributed by atoms with van der Waals surface area (Å²) in [5.41, 5.74) is 53.7. The largest absolute Gasteiger partial charge is 0.397 e. The third-order valence-corrected chi connectivity index (χ3v) is 10.7. The first-order chi connectivity index (χ1) is 34.6. The lowest BCUT2D eigenvalue weighted by atomic mass is 10.3. The highest BCUT2D eigenvalue weighted by molar-refractivity contribution is 7.14. The SMILES string of the molecule is Nc1[nH]ncc1C=O.Nc1c[nH]cc1C=O.Nc1cc[nH]c1C=O.Nc1ccsc1C=O.Nc1cn[nH]c1C=O.Nc1cscc1C=O.Nc1nc[nH]c1C=O.Nc1sccc1C=O.Nc1sncc1C=O. The van der Waals surface area contributed by atoms with Crippen molar-refractivity contribution in [3.05, 3.63) is 133 Å². The Balaban J connectivity index is 0.000000405. The van der Waals surface area contributed by atoms with Crippen LogP contribution in [0.2, 0.25) is 0 Å². The van der Waals surface area contributed by atoms with Gasteiger partial charge in [-0.1, -0.05) is 0 Å². The van der Waals surface area contributed by atoms with E-state index in [1.165, 1.54) is 58.9 Å². The van der Waals surface area contributed by atoms with E-state index >= 15 is 0 Å². The van der Waals surface area contributed by atoms with Gasteiger partial charge in [0.25, 0.3) is 0 Å². The van der Waals surface area contributed by atoms with Crippen LogP contribution < -0.4 is 51.6 Å². The fraction of sp³-hybridized carbons (Fsp3) is 0. The molecule has 0 saturated heterocycles. The van der Waals surface area contributed by atoms with E-state index < -0.39 is 0 Å². The number of anilines is 9. The minimum atomic E-state index is 0.250. The maximum absolute atomic E-state index is 10.0. The fourth-order valence-electron chi connectivity index (χ4n) is 3.81. The van der Waals surface area contributed by atoms with Crippen molar-refractivity contribution in [3.63, 3.8) is 0 Å². The van der Waals surface area contributed by atoms with Gasteiger partial charge in [-0.15, -0.1) is 34.0 Å². The van der Waals surface area contributed by atoms with Gasteiger partial charge in [-0.3, -0.25) is 53.3 Å². The first-order valence-corrected chi connectivity index (χ1v) is 22.5. The molecular formula is C41H46N18O9S4. The van der Waals surface area contributed by atoms with Crippen LogP contribution in [0.1, 0.15) is 92.9 Å². The smallest absolute Gasteiger partial charge is 0.170 e. The van der Waals surface area contributed by atoms with Gasteiger partial charge in [-0.2, -0.15) is 14.6 Å². The van der Waals surface area contributed by atoms with Gasteiger partial charge < -0.3 is 66.6 Å². The molecule has 0 aliphatic carbocycles. The number of aromatic amines is 5. The summed E-state index contributed by atoms with van der Waals surface area (Å²) in [6, 6.07) is 5.06. The van der Waals surface area contributed by atoms with Gasteiger partial charge in [-0.25, -0.2) is 4.98 Å². The molecule has 9 rings (SSSR count). The molecule has 72 heavy (non-hydrogen) atoms. The van der Waals surface area contributed by atoms with E-state index in [1.807, 2.05) is 0 Å². The molecule has 0 fully saturated rings. The number of imidazole rings is 1. The summed E-state index contributed by atoms with van der Waals surface area (Å²) in [7, 11) is 0. The van der Waals surface area contributed by atoms with Gasteiger partial charge in [-0.05, 0) is 40.5 Å². The molecule has 0 aromatic carbocycles. The Kier molecular flexibility index (Phi) is 28.8. The molecule has 0 spiro atoms. The molecule has 31 heteroatoms. The molecule has 9 aromatic heterocycles. The average molecular weight is 1060 g/mol. The number of nitrogens with one attached hydrogen (secondary N) is 5. The zero-order chi connectivity index (χ0) is 53.8. The summed E-state index contributed by atoms with van der Waals surface area (Å²) in [6.45, 7) is 0. The number of nitrogen functional groups attached to an aromatic ring is 9. The number of nitrogens with zero attached hydrogens (tertiary/aromatic N) is 4. The zero-order valence-electron chi connectivity index (χ0n) is 37.1. The number of aldehydes is 9. The van der Waals surface area contributed by atoms with Crippen LogP contribution in [0.15, 0.2) is 83.2 Å². The van der Waals surface area contributed by atoms with Crippen LogP contribution >= 0.6 is 45.5 Å². The lowest BCUT2D eigenvalue weighted by Gasteiger charge is -1.81. The van der Waals surface area contributed by atoms with E-state index in [1.54, 1.807) is 58.3 Å². The van der Waals surface area contributed by atoms with Gasteiger partial charge in [0.05, 0.1) is 79.9 Å². The van der Waals surface area contributed by atoms with Crippen molar-refractivity contribution >= 4 is 152 Å². The first kappa shape index (κ1) is 60.2. The second kappa shape index (κ2) is 34.4. The Morgan fingerprint density at radius 1 is 0.472 bits per heavy atom. The number of carbonyl (C=O) groups excluding carboxylic acids is 9. The lowest BCUT2D eigenvalue weighted by Crippen LogP contribution is -1.89. The molecule has 0 radical (unpaired) electrons. The number of H-pyrrole nitrogens is 5. The van der Waals surface area contributed by atoms with Crippen molar-refractivity contribution in [1.82, 2.24) is 44.7 Å². The molecule has 0 saturated carbocycles. The van der Waals surface area contributed by atoms with Gasteiger partial charge >= 0.3 is 0 Å². The highest BCUT2D eigenvalue weighted by Gasteiger charge is 1.99. The monoisotopic (exact) mass is 1060 g/mol. The van der Waals surface area contributed by atoms with Gasteiger partial charge in [0.15, 0.2) is 62.4 Å². The molecule has 9 heterocycles. The molecular weight excluding hydrogens is 1020 g/mol. The summed E-state index contributed by atoms with van der Waals surface area (Å²) < 4.78 is 3.68. The van der Waals surface area contributed by atoms with Crippen LogP contribution in [0.25, 0.3) is 0 Å². The molecule has 0 atom stereocenters. The molecule has 27 nitrogen and oxygen atoms in total. The Bertz CT molecular complexity index is 2380. The fourth-order valence-corrected chi connectivity index (χ4v) is 6.22. The molecule has 9 aromatic rings. The van der Waals surface area contributed by atoms with E-state index in [-0.39, 0.29) is 5.82 Å². The first-order valence-electron chi connectivity index (χ1n) is 19.1.